The van der Waals surface area contributed by atoms with Crippen molar-refractivity contribution in [1.82, 2.24) is 14.9 Å². The van der Waals surface area contributed by atoms with Crippen molar-refractivity contribution in [2.45, 2.75) is 169 Å². The molecule has 0 spiro atoms. The Morgan fingerprint density at radius 3 is 1.96 bits per heavy atom. The van der Waals surface area contributed by atoms with Gasteiger partial charge in [-0.3, -0.25) is 58.1 Å². The van der Waals surface area contributed by atoms with Crippen LogP contribution < -0.4 is 49.3 Å². The van der Waals surface area contributed by atoms with Crippen LogP contribution in [0.15, 0.2) is 78.8 Å². The Bertz CT molecular complexity index is 3580. The fourth-order valence-electron chi connectivity index (χ4n) is 14.9. The second-order valence-electron chi connectivity index (χ2n) is 26.2. The summed E-state index contributed by atoms with van der Waals surface area (Å²) in [6.07, 6.45) is -5.16. The number of carbonyl (C=O) groups excluding carboxylic acids is 7. The van der Waals surface area contributed by atoms with E-state index in [-0.39, 0.29) is 99.7 Å². The van der Waals surface area contributed by atoms with Crippen LogP contribution in [0.4, 0.5) is 0 Å². The molecule has 1 fully saturated rings. The van der Waals surface area contributed by atoms with E-state index in [1.165, 1.54) is 24.9 Å². The van der Waals surface area contributed by atoms with Gasteiger partial charge >= 0.3 is 0 Å². The van der Waals surface area contributed by atoms with Gasteiger partial charge in [0.15, 0.2) is 6.23 Å². The monoisotopic (exact) mass is 1330 g/mol. The van der Waals surface area contributed by atoms with E-state index in [1.807, 2.05) is 33.8 Å². The summed E-state index contributed by atoms with van der Waals surface area (Å²) in [5, 5.41) is 24.4. The number of aliphatic hydroxyl groups excluding tert-OH is 2. The average Bonchev–Trinajstić information content (AvgIpc) is 1.53. The Morgan fingerprint density at radius 1 is 0.780 bits per heavy atom. The predicted octanol–water partition coefficient (Wildman–Crippen LogP) is 2.40. The number of nitrogens with one attached hydrogen (secondary N) is 1. The van der Waals surface area contributed by atoms with Crippen LogP contribution in [0.1, 0.15) is 139 Å². The molecule has 0 saturated carbocycles. The zero-order valence-corrected chi connectivity index (χ0v) is 54.8. The summed E-state index contributed by atoms with van der Waals surface area (Å²) in [6, 6.07) is 5.00. The number of fused-ring (bicyclic) bond motifs is 6. The molecule has 1 aromatic heterocycles. The summed E-state index contributed by atoms with van der Waals surface area (Å²) in [7, 11) is -3.84. The number of nitrogens with two attached hydrogens (primary N) is 6. The van der Waals surface area contributed by atoms with Crippen molar-refractivity contribution < 1.29 is 88.5 Å². The number of nitrogens with zero attached hydrogens (tertiary/aromatic N) is 6. The molecule has 8 bridgehead atoms. The van der Waals surface area contributed by atoms with Crippen molar-refractivity contribution in [2.75, 3.05) is 20.3 Å². The Hall–Kier alpha value is -6.82. The second kappa shape index (κ2) is 27.0. The first-order valence-corrected chi connectivity index (χ1v) is 31.5. The first-order chi connectivity index (χ1) is 42.0. The van der Waals surface area contributed by atoms with Gasteiger partial charge in [0.05, 0.1) is 54.3 Å². The topological polar surface area (TPSA) is 472 Å². The molecular weight excluding hydrogens is 1240 g/mol. The fraction of sp³-hybridized carbons (Fsp3) is 0.607. The first kappa shape index (κ1) is 71.6. The van der Waals surface area contributed by atoms with Gasteiger partial charge in [-0.2, -0.15) is 0 Å². The number of allylic oxidation sites excluding steroid dienone is 6. The van der Waals surface area contributed by atoms with Gasteiger partial charge in [0.1, 0.15) is 29.6 Å². The number of aromatic nitrogens is 2. The standard InChI is InChI=1S/C61H86N13O15P.Co/c1-29(88-90(84,85)89-52-40(27-75)87-56(51(52)83)74-28-69-38-21-32(86-10)11-15-39(38)74)26-68-48(82)19-20-58(6)36(22-45(65)79)55-61(9)60(8,25-47(67)81)35(14-18-44(64)78)50(73-61)31(3)54-59(7,24-46(66)80)33(12-16-42(62)76)37(70-54)23-41-57(4,5)34(13-17-43(63)77)49(71-41)30(2)53(58)72-55;/h11,15,21,23,28-29,33-36,40,51-52,56,75,83H,12-14,16-20,22,24-27H2,1-10H3,(H2,62,76)(H2,63,77)(H2,64,78)(H2,65,79)(H2,66,80)(H2,67,81)(H,68,82)(H,84,85);/p-1/b41-23-,53-30-,54-31-;/t29-,33-,34-,35-,36+,40-,51-,52-,56+,58-,59+,60+,61+;/m1./s1. The number of hydrogen-bond donors (Lipinski definition) is 9. The van der Waals surface area contributed by atoms with Crippen LogP contribution in [0.25, 0.3) is 11.0 Å². The van der Waals surface area contributed by atoms with Crippen molar-refractivity contribution >= 4 is 83.1 Å². The molecule has 1 radical (unpaired) electrons. The van der Waals surface area contributed by atoms with Crippen LogP contribution in [0.5, 0.6) is 5.75 Å². The number of imidazole rings is 1. The maximum absolute atomic E-state index is 14.3. The van der Waals surface area contributed by atoms with E-state index in [9.17, 15) is 53.2 Å². The van der Waals surface area contributed by atoms with Crippen LogP contribution in [0.2, 0.25) is 0 Å². The third-order valence-corrected chi connectivity index (χ3v) is 20.9. The molecule has 7 heterocycles. The number of phosphoric ester groups is 1. The number of benzene rings is 1. The largest absolute Gasteiger partial charge is 0.756 e. The van der Waals surface area contributed by atoms with Gasteiger partial charge in [-0.15, -0.1) is 0 Å². The van der Waals surface area contributed by atoms with Crippen LogP contribution in [-0.2, 0) is 68.7 Å². The normalized spacial score (nSPS) is 33.0. The number of amides is 7. The molecule has 15 N–H and O–H groups in total. The molecule has 8 rings (SSSR count). The summed E-state index contributed by atoms with van der Waals surface area (Å²) in [4.78, 5) is 133. The van der Waals surface area contributed by atoms with Gasteiger partial charge in [0.2, 0.25) is 41.4 Å². The van der Waals surface area contributed by atoms with E-state index in [0.717, 1.165) is 0 Å². The van der Waals surface area contributed by atoms with Gasteiger partial charge in [-0.05, 0) is 82.7 Å². The van der Waals surface area contributed by atoms with E-state index in [1.54, 1.807) is 45.9 Å². The minimum absolute atomic E-state index is 0. The molecule has 30 heteroatoms. The molecule has 1 unspecified atom stereocenters. The van der Waals surface area contributed by atoms with Crippen molar-refractivity contribution in [3.05, 3.63) is 58.8 Å². The Labute approximate surface area is 537 Å². The average molecular weight is 1330 g/mol. The summed E-state index contributed by atoms with van der Waals surface area (Å²) in [5.74, 6) is -7.10. The molecule has 1 saturated heterocycles. The van der Waals surface area contributed by atoms with Crippen molar-refractivity contribution in [2.24, 2.45) is 99.7 Å². The number of rotatable bonds is 27. The van der Waals surface area contributed by atoms with Gasteiger partial charge in [-0.1, -0.05) is 34.6 Å². The number of hydrogen-bond acceptors (Lipinski definition) is 20. The third-order valence-electron chi connectivity index (χ3n) is 19.8. The van der Waals surface area contributed by atoms with E-state index < -0.39 is 137 Å². The summed E-state index contributed by atoms with van der Waals surface area (Å²) < 4.78 is 37.0. The van der Waals surface area contributed by atoms with Crippen molar-refractivity contribution in [3.8, 4) is 5.75 Å². The summed E-state index contributed by atoms with van der Waals surface area (Å²) in [6.45, 7) is 14.9. The van der Waals surface area contributed by atoms with Crippen LogP contribution in [0.3, 0.4) is 0 Å². The molecule has 2 aromatic rings. The molecule has 91 heavy (non-hydrogen) atoms. The minimum atomic E-state index is -5.33. The van der Waals surface area contributed by atoms with E-state index >= 15 is 0 Å². The van der Waals surface area contributed by atoms with E-state index in [2.05, 4.69) is 10.3 Å². The Morgan fingerprint density at radius 2 is 1.37 bits per heavy atom. The fourth-order valence-corrected chi connectivity index (χ4v) is 16.0. The third kappa shape index (κ3) is 13.8. The first-order valence-electron chi connectivity index (χ1n) is 30.1. The quantitative estimate of drug-likeness (QED) is 0.0580. The van der Waals surface area contributed by atoms with E-state index in [0.29, 0.717) is 62.2 Å². The van der Waals surface area contributed by atoms with Crippen LogP contribution in [-0.4, -0.2) is 134 Å². The number of methoxy groups -OCH3 is 1. The Kier molecular flexibility index (Phi) is 21.3. The molecule has 7 amide bonds. The van der Waals surface area contributed by atoms with Crippen LogP contribution in [0, 0.1) is 45.3 Å². The maximum Gasteiger partial charge on any atom is 0.268 e. The molecule has 28 nitrogen and oxygen atoms in total. The molecule has 0 aliphatic carbocycles. The zero-order chi connectivity index (χ0) is 66.5. The zero-order valence-electron chi connectivity index (χ0n) is 52.9. The molecule has 6 aliphatic rings. The van der Waals surface area contributed by atoms with Crippen molar-refractivity contribution in [3.63, 3.8) is 0 Å². The van der Waals surface area contributed by atoms with Gasteiger partial charge < -0.3 is 77.9 Å². The second-order valence-corrected chi connectivity index (χ2v) is 27.5. The maximum atomic E-state index is 14.3. The Balaban J connectivity index is 0.0000118. The molecule has 6 aliphatic heterocycles. The number of primary amides is 6. The SMILES string of the molecule is COc1ccc2c(c1)ncn2[C@H]1O[C@H](CO)[C@@H](OP(=O)([O-])O[C@H](C)CNC(=O)CC[C@@]2(C)/C3=C(\C)C4=N/C(=C\C5=NC(=C(/C)C6=N[C@@](C)(C(=N3)[C@@H]2CC(N)=O)[C@@](C)(CC(N)=O)[C@@H]6CCC(N)=O)/[C@@](C)(CC(N)=O)[C@@H]5CCC(N)=O)C(C)(C)[C@@H]4CCC(N)=O)[C@H]1O.[Co]. The molecule has 14 atom stereocenters. The predicted molar refractivity (Wildman–Crippen MR) is 329 cm³/mol. The minimum Gasteiger partial charge on any atom is -0.756 e. The van der Waals surface area contributed by atoms with Gasteiger partial charge in [-0.25, -0.2) is 4.98 Å². The molecule has 499 valence electrons. The van der Waals surface area contributed by atoms with Crippen LogP contribution >= 0.6 is 7.82 Å². The van der Waals surface area contributed by atoms with Gasteiger partial charge in [0, 0.05) is 142 Å². The number of phosphoric acid groups is 1. The summed E-state index contributed by atoms with van der Waals surface area (Å²) in [5.41, 5.74) is 34.4. The summed E-state index contributed by atoms with van der Waals surface area (Å²) >= 11 is 0. The van der Waals surface area contributed by atoms with Gasteiger partial charge in [0.25, 0.3) is 7.82 Å². The molecular formula is C61H85CoN13O15P-. The number of aliphatic imine (C=N–C) groups is 4. The van der Waals surface area contributed by atoms with Crippen molar-refractivity contribution in [1.29, 1.82) is 0 Å². The van der Waals surface area contributed by atoms with E-state index in [4.69, 9.17) is 72.9 Å². The molecule has 1 aromatic carbocycles. The smallest absolute Gasteiger partial charge is 0.268 e. The number of aliphatic hydroxyl groups is 2. The number of ether oxygens (including phenoxy) is 2. The number of carbonyl (C=O) groups is 7.